The van der Waals surface area contributed by atoms with E-state index in [1.807, 2.05) is 6.92 Å². The number of sulfonamides is 1. The first-order valence-electron chi connectivity index (χ1n) is 9.73. The second kappa shape index (κ2) is 9.65. The first kappa shape index (κ1) is 22.6. The molecule has 0 radical (unpaired) electrons. The fourth-order valence-electron chi connectivity index (χ4n) is 3.85. The number of rotatable bonds is 8. The minimum Gasteiger partial charge on any atom is -0.466 e. The van der Waals surface area contributed by atoms with Crippen LogP contribution < -0.4 is 4.72 Å². The van der Waals surface area contributed by atoms with Crippen LogP contribution >= 0.6 is 0 Å². The van der Waals surface area contributed by atoms with Crippen LogP contribution in [0.2, 0.25) is 0 Å². The number of benzene rings is 1. The molecule has 0 aliphatic heterocycles. The van der Waals surface area contributed by atoms with Crippen molar-refractivity contribution in [2.75, 3.05) is 13.2 Å². The number of nitrogens with one attached hydrogen (secondary N) is 1. The minimum atomic E-state index is -3.78. The zero-order valence-corrected chi connectivity index (χ0v) is 17.8. The molecule has 0 spiro atoms. The Bertz CT molecular complexity index is 819. The molecule has 3 atom stereocenters. The highest BCUT2D eigenvalue weighted by Crippen LogP contribution is 2.39. The number of halogens is 1. The molecule has 0 aromatic heterocycles. The lowest BCUT2D eigenvalue weighted by Crippen LogP contribution is -2.37. The van der Waals surface area contributed by atoms with Gasteiger partial charge in [0.05, 0.1) is 17.9 Å². The van der Waals surface area contributed by atoms with E-state index in [4.69, 9.17) is 4.74 Å². The molecule has 1 aromatic rings. The second-order valence-corrected chi connectivity index (χ2v) is 9.50. The molecule has 1 aliphatic carbocycles. The van der Waals surface area contributed by atoms with Gasteiger partial charge in [-0.25, -0.2) is 17.5 Å². The van der Waals surface area contributed by atoms with Gasteiger partial charge in [0, 0.05) is 6.54 Å². The van der Waals surface area contributed by atoms with Gasteiger partial charge in [-0.2, -0.15) is 0 Å². The van der Waals surface area contributed by atoms with Crippen LogP contribution in [0.15, 0.2) is 40.8 Å². The van der Waals surface area contributed by atoms with Gasteiger partial charge in [0.15, 0.2) is 0 Å². The summed E-state index contributed by atoms with van der Waals surface area (Å²) in [6.07, 6.45) is 3.23. The molecular weight excluding hydrogens is 381 g/mol. The molecule has 1 N–H and O–H groups in total. The van der Waals surface area contributed by atoms with E-state index in [2.05, 4.69) is 24.6 Å². The summed E-state index contributed by atoms with van der Waals surface area (Å²) in [4.78, 5) is 11.8. The minimum absolute atomic E-state index is 0.0155. The molecular formula is C21H30FNO4S. The van der Waals surface area contributed by atoms with E-state index in [0.29, 0.717) is 18.9 Å². The molecule has 0 fully saturated rings. The smallest absolute Gasteiger partial charge is 0.306 e. The molecule has 0 saturated heterocycles. The molecule has 1 aromatic carbocycles. The zero-order valence-electron chi connectivity index (χ0n) is 16.9. The Kier molecular flexibility index (Phi) is 7.78. The molecule has 1 aliphatic rings. The summed E-state index contributed by atoms with van der Waals surface area (Å²) in [5.74, 6) is -0.0912. The van der Waals surface area contributed by atoms with Crippen LogP contribution in [0.3, 0.4) is 0 Å². The monoisotopic (exact) mass is 411 g/mol. The highest BCUT2D eigenvalue weighted by Gasteiger charge is 2.33. The third kappa shape index (κ3) is 5.88. The Labute approximate surface area is 167 Å². The summed E-state index contributed by atoms with van der Waals surface area (Å²) < 4.78 is 46.1. The predicted octanol–water partition coefficient (Wildman–Crippen LogP) is 3.91. The Morgan fingerprint density at radius 1 is 1.36 bits per heavy atom. The Morgan fingerprint density at radius 2 is 2.07 bits per heavy atom. The molecule has 0 heterocycles. The van der Waals surface area contributed by atoms with Gasteiger partial charge in [0.1, 0.15) is 5.82 Å². The summed E-state index contributed by atoms with van der Waals surface area (Å²) in [7, 11) is -3.78. The fraction of sp³-hybridized carbons (Fsp3) is 0.571. The SMILES string of the molecule is CCOC(=O)C[C@H]1C[C@@H](C(C)C)[C@H](CNS(=O)(=O)c2cccc(F)c2)C=C1C. The van der Waals surface area contributed by atoms with Crippen LogP contribution in [0.5, 0.6) is 0 Å². The maximum Gasteiger partial charge on any atom is 0.306 e. The quantitative estimate of drug-likeness (QED) is 0.520. The van der Waals surface area contributed by atoms with Gasteiger partial charge >= 0.3 is 5.97 Å². The third-order valence-corrected chi connectivity index (χ3v) is 6.84. The number of carbonyl (C=O) groups excluding carboxylic acids is 1. The fourth-order valence-corrected chi connectivity index (χ4v) is 4.96. The van der Waals surface area contributed by atoms with Crippen molar-refractivity contribution in [2.45, 2.75) is 45.4 Å². The van der Waals surface area contributed by atoms with Crippen molar-refractivity contribution >= 4 is 16.0 Å². The van der Waals surface area contributed by atoms with Gasteiger partial charge in [-0.15, -0.1) is 0 Å². The maximum absolute atomic E-state index is 13.4. The average Bonchev–Trinajstić information content (AvgIpc) is 2.62. The Hall–Kier alpha value is -1.73. The normalized spacial score (nSPS) is 22.8. The van der Waals surface area contributed by atoms with Crippen LogP contribution in [0.25, 0.3) is 0 Å². The van der Waals surface area contributed by atoms with Crippen LogP contribution in [-0.4, -0.2) is 27.5 Å². The summed E-state index contributed by atoms with van der Waals surface area (Å²) >= 11 is 0. The van der Waals surface area contributed by atoms with Gasteiger partial charge in [0.25, 0.3) is 0 Å². The van der Waals surface area contributed by atoms with E-state index < -0.39 is 15.8 Å². The van der Waals surface area contributed by atoms with E-state index >= 15 is 0 Å². The first-order chi connectivity index (χ1) is 13.1. The number of hydrogen-bond donors (Lipinski definition) is 1. The van der Waals surface area contributed by atoms with Crippen molar-refractivity contribution in [3.8, 4) is 0 Å². The standard InChI is InChI=1S/C21H30FNO4S/c1-5-27-21(24)11-16-10-20(14(2)3)17(9-15(16)4)13-23-28(25,26)19-8-6-7-18(22)12-19/h6-9,12,14,16-17,20,23H,5,10-11,13H2,1-4H3/t16-,17+,20+/m1/s1. The van der Waals surface area contributed by atoms with Crippen LogP contribution in [0.1, 0.15) is 40.5 Å². The van der Waals surface area contributed by atoms with Gasteiger partial charge in [-0.1, -0.05) is 31.6 Å². The molecule has 0 saturated carbocycles. The van der Waals surface area contributed by atoms with Crippen LogP contribution in [0, 0.1) is 29.5 Å². The van der Waals surface area contributed by atoms with Crippen molar-refractivity contribution in [1.82, 2.24) is 4.72 Å². The first-order valence-corrected chi connectivity index (χ1v) is 11.2. The second-order valence-electron chi connectivity index (χ2n) is 7.73. The highest BCUT2D eigenvalue weighted by molar-refractivity contribution is 7.89. The molecule has 0 unspecified atom stereocenters. The van der Waals surface area contributed by atoms with E-state index in [9.17, 15) is 17.6 Å². The third-order valence-electron chi connectivity index (χ3n) is 5.42. The van der Waals surface area contributed by atoms with Crippen molar-refractivity contribution in [1.29, 1.82) is 0 Å². The summed E-state index contributed by atoms with van der Waals surface area (Å²) in [6.45, 7) is 8.59. The lowest BCUT2D eigenvalue weighted by Gasteiger charge is -2.37. The van der Waals surface area contributed by atoms with E-state index in [-0.39, 0.29) is 35.2 Å². The molecule has 0 amide bonds. The van der Waals surface area contributed by atoms with Crippen molar-refractivity contribution in [2.24, 2.45) is 23.7 Å². The number of carbonyl (C=O) groups is 1. The van der Waals surface area contributed by atoms with Gasteiger partial charge in [-0.05, 0) is 62.1 Å². The van der Waals surface area contributed by atoms with Crippen LogP contribution in [-0.2, 0) is 19.6 Å². The van der Waals surface area contributed by atoms with Crippen LogP contribution in [0.4, 0.5) is 4.39 Å². The van der Waals surface area contributed by atoms with Crippen molar-refractivity contribution in [3.63, 3.8) is 0 Å². The zero-order chi connectivity index (χ0) is 20.9. The Balaban J connectivity index is 2.13. The van der Waals surface area contributed by atoms with E-state index in [0.717, 1.165) is 18.1 Å². The van der Waals surface area contributed by atoms with E-state index in [1.165, 1.54) is 18.2 Å². The number of allylic oxidation sites excluding steroid dienone is 1. The largest absolute Gasteiger partial charge is 0.466 e. The lowest BCUT2D eigenvalue weighted by atomic mass is 9.70. The van der Waals surface area contributed by atoms with Gasteiger partial charge < -0.3 is 4.74 Å². The molecule has 28 heavy (non-hydrogen) atoms. The maximum atomic E-state index is 13.4. The Morgan fingerprint density at radius 3 is 2.68 bits per heavy atom. The predicted molar refractivity (Wildman–Crippen MR) is 107 cm³/mol. The molecule has 2 rings (SSSR count). The number of hydrogen-bond acceptors (Lipinski definition) is 4. The summed E-state index contributed by atoms with van der Waals surface area (Å²) in [6, 6.07) is 4.98. The molecule has 156 valence electrons. The lowest BCUT2D eigenvalue weighted by molar-refractivity contribution is -0.144. The summed E-state index contributed by atoms with van der Waals surface area (Å²) in [5, 5.41) is 0. The molecule has 5 nitrogen and oxygen atoms in total. The highest BCUT2D eigenvalue weighted by atomic mass is 32.2. The van der Waals surface area contributed by atoms with Gasteiger partial charge in [0.2, 0.25) is 10.0 Å². The summed E-state index contributed by atoms with van der Waals surface area (Å²) in [5.41, 5.74) is 1.08. The molecule has 7 heteroatoms. The van der Waals surface area contributed by atoms with Crippen molar-refractivity contribution in [3.05, 3.63) is 41.7 Å². The topological polar surface area (TPSA) is 72.5 Å². The molecule has 0 bridgehead atoms. The number of ether oxygens (including phenoxy) is 1. The van der Waals surface area contributed by atoms with Crippen molar-refractivity contribution < 1.29 is 22.3 Å². The van der Waals surface area contributed by atoms with E-state index in [1.54, 1.807) is 6.92 Å². The van der Waals surface area contributed by atoms with Gasteiger partial charge in [-0.3, -0.25) is 4.79 Å². The number of esters is 1. The average molecular weight is 412 g/mol.